The van der Waals surface area contributed by atoms with Crippen molar-refractivity contribution in [2.45, 2.75) is 32.9 Å². The molecule has 1 atom stereocenters. The minimum absolute atomic E-state index is 0.410. The van der Waals surface area contributed by atoms with Gasteiger partial charge in [-0.2, -0.15) is 0 Å². The van der Waals surface area contributed by atoms with Gasteiger partial charge in [-0.1, -0.05) is 0 Å². The molecule has 0 fully saturated rings. The van der Waals surface area contributed by atoms with E-state index in [2.05, 4.69) is 17.2 Å². The number of hydrogen-bond donors (Lipinski definition) is 1. The molecule has 0 radical (unpaired) electrons. The highest BCUT2D eigenvalue weighted by Gasteiger charge is 2.07. The van der Waals surface area contributed by atoms with E-state index in [4.69, 9.17) is 4.42 Å². The Balaban J connectivity index is 1.80. The van der Waals surface area contributed by atoms with Crippen LogP contribution in [0.4, 0.5) is 0 Å². The number of hydrogen-bond acceptors (Lipinski definition) is 4. The first-order valence-corrected chi connectivity index (χ1v) is 6.28. The van der Waals surface area contributed by atoms with Crippen molar-refractivity contribution < 1.29 is 4.42 Å². The maximum atomic E-state index is 5.32. The lowest BCUT2D eigenvalue weighted by Crippen LogP contribution is -2.27. The largest absolute Gasteiger partial charge is 0.469 e. The third-order valence-corrected chi connectivity index (χ3v) is 3.48. The maximum Gasteiger partial charge on any atom is 0.105 e. The predicted octanol–water partition coefficient (Wildman–Crippen LogP) is 2.77. The second-order valence-electron chi connectivity index (χ2n) is 3.93. The maximum absolute atomic E-state index is 5.32. The second kappa shape index (κ2) is 5.27. The Morgan fingerprint density at radius 3 is 3.06 bits per heavy atom. The summed E-state index contributed by atoms with van der Waals surface area (Å²) in [5.41, 5.74) is 3.02. The summed E-state index contributed by atoms with van der Waals surface area (Å²) in [7, 11) is 0. The predicted molar refractivity (Wildman–Crippen MR) is 65.6 cm³/mol. The summed E-state index contributed by atoms with van der Waals surface area (Å²) >= 11 is 1.70. The van der Waals surface area contributed by atoms with Gasteiger partial charge in [-0.15, -0.1) is 11.3 Å². The van der Waals surface area contributed by atoms with Gasteiger partial charge in [-0.25, -0.2) is 4.98 Å². The van der Waals surface area contributed by atoms with Crippen molar-refractivity contribution in [2.24, 2.45) is 0 Å². The van der Waals surface area contributed by atoms with Gasteiger partial charge >= 0.3 is 0 Å². The van der Waals surface area contributed by atoms with Crippen molar-refractivity contribution in [1.82, 2.24) is 10.3 Å². The molecule has 0 aliphatic carbocycles. The van der Waals surface area contributed by atoms with E-state index in [-0.39, 0.29) is 0 Å². The van der Waals surface area contributed by atoms with Crippen molar-refractivity contribution >= 4 is 11.3 Å². The minimum Gasteiger partial charge on any atom is -0.469 e. The SMILES string of the molecule is Cc1ncsc1CNC(C)Cc1ccco1. The first kappa shape index (κ1) is 11.4. The van der Waals surface area contributed by atoms with Crippen molar-refractivity contribution in [3.05, 3.63) is 40.2 Å². The Hall–Kier alpha value is -1.13. The molecule has 0 aromatic carbocycles. The van der Waals surface area contributed by atoms with Gasteiger partial charge in [-0.3, -0.25) is 0 Å². The molecule has 2 aromatic rings. The van der Waals surface area contributed by atoms with Gasteiger partial charge < -0.3 is 9.73 Å². The monoisotopic (exact) mass is 236 g/mol. The summed E-state index contributed by atoms with van der Waals surface area (Å²) in [6.07, 6.45) is 2.64. The van der Waals surface area contributed by atoms with Crippen molar-refractivity contribution in [3.63, 3.8) is 0 Å². The van der Waals surface area contributed by atoms with Crippen LogP contribution < -0.4 is 5.32 Å². The molecule has 2 rings (SSSR count). The summed E-state index contributed by atoms with van der Waals surface area (Å²) in [5, 5.41) is 3.47. The van der Waals surface area contributed by atoms with Crippen LogP contribution in [0.25, 0.3) is 0 Å². The lowest BCUT2D eigenvalue weighted by atomic mass is 10.2. The highest BCUT2D eigenvalue weighted by molar-refractivity contribution is 7.09. The Bertz CT molecular complexity index is 422. The molecule has 0 bridgehead atoms. The van der Waals surface area contributed by atoms with E-state index in [0.717, 1.165) is 24.4 Å². The fraction of sp³-hybridized carbons (Fsp3) is 0.417. The third-order valence-electron chi connectivity index (χ3n) is 2.54. The Kier molecular flexibility index (Phi) is 3.74. The van der Waals surface area contributed by atoms with Crippen LogP contribution in [0.5, 0.6) is 0 Å². The zero-order valence-corrected chi connectivity index (χ0v) is 10.4. The molecule has 0 aliphatic heterocycles. The van der Waals surface area contributed by atoms with Gasteiger partial charge in [0.1, 0.15) is 5.76 Å². The minimum atomic E-state index is 0.410. The van der Waals surface area contributed by atoms with Crippen molar-refractivity contribution in [2.75, 3.05) is 0 Å². The fourth-order valence-corrected chi connectivity index (χ4v) is 2.29. The number of nitrogens with one attached hydrogen (secondary N) is 1. The normalized spacial score (nSPS) is 12.9. The van der Waals surface area contributed by atoms with E-state index >= 15 is 0 Å². The van der Waals surface area contributed by atoms with Gasteiger partial charge in [-0.05, 0) is 26.0 Å². The molecule has 0 spiro atoms. The molecule has 86 valence electrons. The molecule has 0 aliphatic rings. The van der Waals surface area contributed by atoms with Crippen LogP contribution in [0.2, 0.25) is 0 Å². The number of aryl methyl sites for hydroxylation is 1. The average Bonchev–Trinajstić information content (AvgIpc) is 2.87. The number of furan rings is 1. The van der Waals surface area contributed by atoms with E-state index in [9.17, 15) is 0 Å². The fourth-order valence-electron chi connectivity index (χ4n) is 1.57. The molecule has 4 heteroatoms. The molecular formula is C12H16N2OS. The van der Waals surface area contributed by atoms with Crippen LogP contribution in [-0.2, 0) is 13.0 Å². The molecule has 1 unspecified atom stereocenters. The highest BCUT2D eigenvalue weighted by atomic mass is 32.1. The molecule has 3 nitrogen and oxygen atoms in total. The quantitative estimate of drug-likeness (QED) is 0.867. The van der Waals surface area contributed by atoms with E-state index in [1.54, 1.807) is 17.6 Å². The van der Waals surface area contributed by atoms with Gasteiger partial charge in [0.15, 0.2) is 0 Å². The second-order valence-corrected chi connectivity index (χ2v) is 4.87. The molecule has 1 N–H and O–H groups in total. The van der Waals surface area contributed by atoms with Crippen molar-refractivity contribution in [3.8, 4) is 0 Å². The summed E-state index contributed by atoms with van der Waals surface area (Å²) in [6.45, 7) is 5.10. The van der Waals surface area contributed by atoms with Crippen LogP contribution in [0.15, 0.2) is 28.3 Å². The van der Waals surface area contributed by atoms with Crippen LogP contribution in [0.1, 0.15) is 23.3 Å². The van der Waals surface area contributed by atoms with E-state index in [1.165, 1.54) is 4.88 Å². The summed E-state index contributed by atoms with van der Waals surface area (Å²) in [5.74, 6) is 1.03. The molecule has 2 aromatic heterocycles. The van der Waals surface area contributed by atoms with Crippen LogP contribution in [-0.4, -0.2) is 11.0 Å². The average molecular weight is 236 g/mol. The lowest BCUT2D eigenvalue weighted by molar-refractivity contribution is 0.457. The zero-order chi connectivity index (χ0) is 11.4. The van der Waals surface area contributed by atoms with Crippen LogP contribution >= 0.6 is 11.3 Å². The molecule has 0 amide bonds. The van der Waals surface area contributed by atoms with Gasteiger partial charge in [0.05, 0.1) is 17.5 Å². The number of aromatic nitrogens is 1. The van der Waals surface area contributed by atoms with Crippen LogP contribution in [0, 0.1) is 6.92 Å². The summed E-state index contributed by atoms with van der Waals surface area (Å²) in [6, 6.07) is 4.35. The molecule has 0 saturated carbocycles. The van der Waals surface area contributed by atoms with Crippen molar-refractivity contribution in [1.29, 1.82) is 0 Å². The zero-order valence-electron chi connectivity index (χ0n) is 9.56. The Morgan fingerprint density at radius 1 is 1.56 bits per heavy atom. The lowest BCUT2D eigenvalue weighted by Gasteiger charge is -2.11. The Labute approximate surface area is 99.5 Å². The smallest absolute Gasteiger partial charge is 0.105 e. The number of rotatable bonds is 5. The van der Waals surface area contributed by atoms with E-state index in [0.29, 0.717) is 6.04 Å². The molecule has 0 saturated heterocycles. The van der Waals surface area contributed by atoms with E-state index in [1.807, 2.05) is 24.6 Å². The third kappa shape index (κ3) is 2.93. The van der Waals surface area contributed by atoms with Gasteiger partial charge in [0.2, 0.25) is 0 Å². The van der Waals surface area contributed by atoms with Gasteiger partial charge in [0.25, 0.3) is 0 Å². The Morgan fingerprint density at radius 2 is 2.44 bits per heavy atom. The topological polar surface area (TPSA) is 38.1 Å². The van der Waals surface area contributed by atoms with Crippen LogP contribution in [0.3, 0.4) is 0 Å². The summed E-state index contributed by atoms with van der Waals surface area (Å²) in [4.78, 5) is 5.54. The first-order chi connectivity index (χ1) is 7.75. The number of nitrogens with zero attached hydrogens (tertiary/aromatic N) is 1. The van der Waals surface area contributed by atoms with Gasteiger partial charge in [0, 0.05) is 23.9 Å². The van der Waals surface area contributed by atoms with E-state index < -0.39 is 0 Å². The number of thiazole rings is 1. The first-order valence-electron chi connectivity index (χ1n) is 5.40. The standard InChI is InChI=1S/C12H16N2OS/c1-9(6-11-4-3-5-15-11)13-7-12-10(2)14-8-16-12/h3-5,8-9,13H,6-7H2,1-2H3. The molecule has 2 heterocycles. The highest BCUT2D eigenvalue weighted by Crippen LogP contribution is 2.12. The molecular weight excluding hydrogens is 220 g/mol. The summed E-state index contributed by atoms with van der Waals surface area (Å²) < 4.78 is 5.32. The molecule has 16 heavy (non-hydrogen) atoms.